The highest BCUT2D eigenvalue weighted by molar-refractivity contribution is 5.69. The molecule has 4 heteroatoms. The standard InChI is InChI=1S/C12H24O2.C8H8O2/c1-2-3-4-5-6-7-8-9-10-11-12(13)14;1-7(9)10-8-5-3-2-4-6-8/h2-11H2,1H3,(H,13,14);2-6H,1H3. The number of hydrogen-bond acceptors (Lipinski definition) is 3. The SMILES string of the molecule is CC(=O)Oc1ccccc1.CCCCCCCCCCCC(=O)O. The van der Waals surface area contributed by atoms with Crippen molar-refractivity contribution in [2.45, 2.75) is 78.1 Å². The van der Waals surface area contributed by atoms with Crippen molar-refractivity contribution < 1.29 is 19.4 Å². The summed E-state index contributed by atoms with van der Waals surface area (Å²) in [5.74, 6) is -0.353. The van der Waals surface area contributed by atoms with E-state index in [1.807, 2.05) is 18.2 Å². The Morgan fingerprint density at radius 1 is 0.875 bits per heavy atom. The van der Waals surface area contributed by atoms with Crippen LogP contribution in [0, 0.1) is 0 Å². The summed E-state index contributed by atoms with van der Waals surface area (Å²) >= 11 is 0. The first-order valence-electron chi connectivity index (χ1n) is 9.01. The fourth-order valence-electron chi connectivity index (χ4n) is 2.24. The van der Waals surface area contributed by atoms with Gasteiger partial charge in [-0.3, -0.25) is 9.59 Å². The molecule has 0 atom stereocenters. The molecule has 0 bridgehead atoms. The fraction of sp³-hybridized carbons (Fsp3) is 0.600. The van der Waals surface area contributed by atoms with Crippen LogP contribution in [0.1, 0.15) is 78.1 Å². The molecule has 1 rings (SSSR count). The Bertz CT molecular complexity index is 429. The number of ether oxygens (including phenoxy) is 1. The number of para-hydroxylation sites is 1. The first kappa shape index (κ1) is 22.2. The van der Waals surface area contributed by atoms with Crippen LogP contribution >= 0.6 is 0 Å². The maximum absolute atomic E-state index is 10.4. The molecule has 0 aliphatic heterocycles. The van der Waals surface area contributed by atoms with Gasteiger partial charge in [-0.1, -0.05) is 76.5 Å². The number of unbranched alkanes of at least 4 members (excludes halogenated alkanes) is 8. The third-order valence-electron chi connectivity index (χ3n) is 3.50. The van der Waals surface area contributed by atoms with E-state index in [2.05, 4.69) is 6.92 Å². The van der Waals surface area contributed by atoms with E-state index in [-0.39, 0.29) is 5.97 Å². The van der Waals surface area contributed by atoms with Gasteiger partial charge in [-0.2, -0.15) is 0 Å². The van der Waals surface area contributed by atoms with Crippen LogP contribution in [-0.4, -0.2) is 17.0 Å². The molecule has 0 fully saturated rings. The Kier molecular flexibility index (Phi) is 14.8. The second-order valence-corrected chi connectivity index (χ2v) is 5.88. The van der Waals surface area contributed by atoms with Crippen molar-refractivity contribution in [2.75, 3.05) is 0 Å². The first-order valence-corrected chi connectivity index (χ1v) is 9.01. The summed E-state index contributed by atoms with van der Waals surface area (Å²) in [4.78, 5) is 20.6. The van der Waals surface area contributed by atoms with E-state index in [0.29, 0.717) is 12.2 Å². The molecule has 0 amide bonds. The molecule has 1 aromatic carbocycles. The van der Waals surface area contributed by atoms with Gasteiger partial charge in [-0.25, -0.2) is 0 Å². The molecule has 0 saturated carbocycles. The third kappa shape index (κ3) is 16.5. The molecule has 4 nitrogen and oxygen atoms in total. The topological polar surface area (TPSA) is 63.6 Å². The summed E-state index contributed by atoms with van der Waals surface area (Å²) in [6, 6.07) is 8.98. The quantitative estimate of drug-likeness (QED) is 0.324. The van der Waals surface area contributed by atoms with Crippen LogP contribution in [0.3, 0.4) is 0 Å². The molecule has 0 aliphatic rings. The van der Waals surface area contributed by atoms with Crippen LogP contribution in [0.25, 0.3) is 0 Å². The van der Waals surface area contributed by atoms with Gasteiger partial charge >= 0.3 is 11.9 Å². The van der Waals surface area contributed by atoms with Crippen LogP contribution in [0.15, 0.2) is 30.3 Å². The number of aliphatic carboxylic acids is 1. The van der Waals surface area contributed by atoms with Gasteiger partial charge in [-0.05, 0) is 18.6 Å². The highest BCUT2D eigenvalue weighted by Gasteiger charge is 1.96. The van der Waals surface area contributed by atoms with Gasteiger partial charge in [0.1, 0.15) is 5.75 Å². The summed E-state index contributed by atoms with van der Waals surface area (Å²) < 4.78 is 4.78. The second kappa shape index (κ2) is 16.0. The van der Waals surface area contributed by atoms with Gasteiger partial charge in [0.05, 0.1) is 0 Å². The van der Waals surface area contributed by atoms with Crippen LogP contribution < -0.4 is 4.74 Å². The molecule has 0 aromatic heterocycles. The summed E-state index contributed by atoms with van der Waals surface area (Å²) in [6.45, 7) is 3.61. The Balaban J connectivity index is 0.000000463. The van der Waals surface area contributed by atoms with Gasteiger partial charge in [0, 0.05) is 13.3 Å². The van der Waals surface area contributed by atoms with E-state index < -0.39 is 5.97 Å². The Morgan fingerprint density at radius 2 is 1.38 bits per heavy atom. The summed E-state index contributed by atoms with van der Waals surface area (Å²) in [6.07, 6.45) is 11.5. The molecule has 0 heterocycles. The average molecular weight is 336 g/mol. The lowest BCUT2D eigenvalue weighted by molar-refractivity contribution is -0.137. The first-order chi connectivity index (χ1) is 11.6. The van der Waals surface area contributed by atoms with Crippen LogP contribution in [0.5, 0.6) is 5.75 Å². The lowest BCUT2D eigenvalue weighted by Gasteiger charge is -2.00. The van der Waals surface area contributed by atoms with Crippen molar-refractivity contribution >= 4 is 11.9 Å². The van der Waals surface area contributed by atoms with E-state index in [0.717, 1.165) is 12.8 Å². The minimum Gasteiger partial charge on any atom is -0.481 e. The zero-order valence-electron chi connectivity index (χ0n) is 15.1. The minimum absolute atomic E-state index is 0.286. The highest BCUT2D eigenvalue weighted by Crippen LogP contribution is 2.10. The predicted octanol–water partition coefficient (Wildman–Crippen LogP) is 5.60. The maximum Gasteiger partial charge on any atom is 0.308 e. The molecule has 0 unspecified atom stereocenters. The molecule has 1 aromatic rings. The van der Waals surface area contributed by atoms with Crippen LogP contribution in [0.2, 0.25) is 0 Å². The van der Waals surface area contributed by atoms with E-state index in [4.69, 9.17) is 9.84 Å². The third-order valence-corrected chi connectivity index (χ3v) is 3.50. The number of hydrogen-bond donors (Lipinski definition) is 1. The van der Waals surface area contributed by atoms with E-state index in [1.165, 1.54) is 51.9 Å². The van der Waals surface area contributed by atoms with Crippen LogP contribution in [0.4, 0.5) is 0 Å². The Hall–Kier alpha value is -1.84. The Morgan fingerprint density at radius 3 is 1.83 bits per heavy atom. The highest BCUT2D eigenvalue weighted by atomic mass is 16.5. The largest absolute Gasteiger partial charge is 0.481 e. The number of esters is 1. The molecule has 0 saturated heterocycles. The van der Waals surface area contributed by atoms with Gasteiger partial charge in [0.2, 0.25) is 0 Å². The normalized spacial score (nSPS) is 9.75. The predicted molar refractivity (Wildman–Crippen MR) is 97.2 cm³/mol. The lowest BCUT2D eigenvalue weighted by Crippen LogP contribution is -2.00. The molecule has 0 aliphatic carbocycles. The number of benzene rings is 1. The minimum atomic E-state index is -0.659. The van der Waals surface area contributed by atoms with Gasteiger partial charge in [-0.15, -0.1) is 0 Å². The Labute approximate surface area is 146 Å². The molecule has 136 valence electrons. The van der Waals surface area contributed by atoms with Crippen molar-refractivity contribution in [2.24, 2.45) is 0 Å². The van der Waals surface area contributed by atoms with Crippen molar-refractivity contribution in [1.29, 1.82) is 0 Å². The second-order valence-electron chi connectivity index (χ2n) is 5.88. The lowest BCUT2D eigenvalue weighted by atomic mass is 10.1. The monoisotopic (exact) mass is 336 g/mol. The smallest absolute Gasteiger partial charge is 0.308 e. The zero-order valence-corrected chi connectivity index (χ0v) is 15.1. The number of carboxylic acid groups (broad SMARTS) is 1. The summed E-state index contributed by atoms with van der Waals surface area (Å²) in [5, 5.41) is 8.41. The number of carboxylic acids is 1. The number of rotatable bonds is 11. The molecular weight excluding hydrogens is 304 g/mol. The summed E-state index contributed by atoms with van der Waals surface area (Å²) in [5.41, 5.74) is 0. The number of carbonyl (C=O) groups excluding carboxylic acids is 1. The van der Waals surface area contributed by atoms with E-state index in [9.17, 15) is 9.59 Å². The fourth-order valence-corrected chi connectivity index (χ4v) is 2.24. The molecule has 0 radical (unpaired) electrons. The van der Waals surface area contributed by atoms with Gasteiger partial charge in [0.25, 0.3) is 0 Å². The molecule has 1 N–H and O–H groups in total. The molecular formula is C20H32O4. The van der Waals surface area contributed by atoms with E-state index >= 15 is 0 Å². The molecule has 24 heavy (non-hydrogen) atoms. The van der Waals surface area contributed by atoms with Gasteiger partial charge < -0.3 is 9.84 Å². The van der Waals surface area contributed by atoms with Crippen molar-refractivity contribution in [3.8, 4) is 5.75 Å². The van der Waals surface area contributed by atoms with Crippen LogP contribution in [-0.2, 0) is 9.59 Å². The van der Waals surface area contributed by atoms with Crippen molar-refractivity contribution in [3.63, 3.8) is 0 Å². The van der Waals surface area contributed by atoms with Crippen molar-refractivity contribution in [1.82, 2.24) is 0 Å². The summed E-state index contributed by atoms with van der Waals surface area (Å²) in [7, 11) is 0. The van der Waals surface area contributed by atoms with E-state index in [1.54, 1.807) is 12.1 Å². The average Bonchev–Trinajstić information content (AvgIpc) is 2.54. The van der Waals surface area contributed by atoms with Gasteiger partial charge in [0.15, 0.2) is 0 Å². The zero-order chi connectivity index (χ0) is 18.0. The number of carbonyl (C=O) groups is 2. The maximum atomic E-state index is 10.4. The molecule has 0 spiro atoms. The van der Waals surface area contributed by atoms with Crippen molar-refractivity contribution in [3.05, 3.63) is 30.3 Å².